The zero-order valence-electron chi connectivity index (χ0n) is 15.6. The van der Waals surface area contributed by atoms with E-state index in [2.05, 4.69) is 21.4 Å². The molecule has 1 aliphatic heterocycles. The van der Waals surface area contributed by atoms with Crippen LogP contribution in [0.25, 0.3) is 5.69 Å². The minimum atomic E-state index is -0.187. The lowest BCUT2D eigenvalue weighted by Crippen LogP contribution is -2.29. The molecule has 0 aliphatic carbocycles. The number of hydrogen-bond donors (Lipinski definition) is 1. The molecule has 0 atom stereocenters. The van der Waals surface area contributed by atoms with Crippen molar-refractivity contribution < 1.29 is 4.79 Å². The number of nitrogens with zero attached hydrogens (tertiary/aromatic N) is 3. The van der Waals surface area contributed by atoms with E-state index in [9.17, 15) is 4.79 Å². The molecule has 28 heavy (non-hydrogen) atoms. The molecule has 2 aromatic carbocycles. The molecular weight excluding hydrogens is 372 g/mol. The van der Waals surface area contributed by atoms with Crippen LogP contribution >= 0.6 is 11.6 Å². The highest BCUT2D eigenvalue weighted by atomic mass is 35.5. The molecule has 144 valence electrons. The van der Waals surface area contributed by atoms with Gasteiger partial charge in [-0.05, 0) is 55.8 Å². The molecule has 5 nitrogen and oxygen atoms in total. The molecule has 1 aromatic heterocycles. The van der Waals surface area contributed by atoms with Crippen molar-refractivity contribution in [1.82, 2.24) is 14.7 Å². The van der Waals surface area contributed by atoms with Crippen molar-refractivity contribution in [3.05, 3.63) is 77.1 Å². The Bertz CT molecular complexity index is 962. The van der Waals surface area contributed by atoms with Crippen molar-refractivity contribution in [3.63, 3.8) is 0 Å². The molecule has 1 fully saturated rings. The number of benzene rings is 2. The van der Waals surface area contributed by atoms with Crippen LogP contribution in [-0.4, -0.2) is 33.7 Å². The van der Waals surface area contributed by atoms with Crippen LogP contribution in [0.1, 0.15) is 35.2 Å². The lowest BCUT2D eigenvalue weighted by Gasteiger charge is -2.26. The number of anilines is 1. The molecule has 1 N–H and O–H groups in total. The second kappa shape index (κ2) is 8.59. The molecule has 1 amide bonds. The number of para-hydroxylation sites is 1. The summed E-state index contributed by atoms with van der Waals surface area (Å²) in [4.78, 5) is 15.1. The summed E-state index contributed by atoms with van der Waals surface area (Å²) in [5.74, 6) is -0.187. The number of hydrogen-bond acceptors (Lipinski definition) is 3. The number of carbonyl (C=O) groups is 1. The predicted octanol–water partition coefficient (Wildman–Crippen LogP) is 4.76. The highest BCUT2D eigenvalue weighted by Gasteiger charge is 2.13. The van der Waals surface area contributed by atoms with Crippen molar-refractivity contribution in [2.24, 2.45) is 0 Å². The molecule has 0 bridgehead atoms. The Hall–Kier alpha value is -2.63. The van der Waals surface area contributed by atoms with Crippen LogP contribution in [0.4, 0.5) is 5.69 Å². The van der Waals surface area contributed by atoms with Crippen LogP contribution in [-0.2, 0) is 6.54 Å². The summed E-state index contributed by atoms with van der Waals surface area (Å²) in [6, 6.07) is 15.5. The normalized spacial score (nSPS) is 14.8. The van der Waals surface area contributed by atoms with Gasteiger partial charge in [0.25, 0.3) is 5.91 Å². The fraction of sp³-hybridized carbons (Fsp3) is 0.273. The first-order valence-electron chi connectivity index (χ1n) is 9.61. The van der Waals surface area contributed by atoms with Crippen molar-refractivity contribution >= 4 is 23.2 Å². The fourth-order valence-corrected chi connectivity index (χ4v) is 3.76. The first kappa shape index (κ1) is 18.7. The third-order valence-electron chi connectivity index (χ3n) is 4.98. The Morgan fingerprint density at radius 3 is 2.71 bits per heavy atom. The maximum absolute atomic E-state index is 12.6. The summed E-state index contributed by atoms with van der Waals surface area (Å²) >= 11 is 6.21. The van der Waals surface area contributed by atoms with Crippen LogP contribution in [0.2, 0.25) is 5.02 Å². The van der Waals surface area contributed by atoms with E-state index in [0.29, 0.717) is 10.6 Å². The van der Waals surface area contributed by atoms with Crippen LogP contribution in [0, 0.1) is 0 Å². The first-order valence-corrected chi connectivity index (χ1v) is 9.99. The van der Waals surface area contributed by atoms with Crippen molar-refractivity contribution in [2.45, 2.75) is 25.8 Å². The molecule has 4 rings (SSSR count). The van der Waals surface area contributed by atoms with Gasteiger partial charge in [-0.25, -0.2) is 4.68 Å². The van der Waals surface area contributed by atoms with Crippen molar-refractivity contribution in [2.75, 3.05) is 18.4 Å². The molecule has 0 radical (unpaired) electrons. The van der Waals surface area contributed by atoms with E-state index in [-0.39, 0.29) is 5.91 Å². The van der Waals surface area contributed by atoms with Crippen LogP contribution in [0.15, 0.2) is 60.9 Å². The molecular formula is C22H23ClN4O. The zero-order valence-corrected chi connectivity index (χ0v) is 16.4. The van der Waals surface area contributed by atoms with Gasteiger partial charge < -0.3 is 5.32 Å². The van der Waals surface area contributed by atoms with E-state index in [1.54, 1.807) is 23.1 Å². The number of nitrogens with one attached hydrogen (secondary N) is 1. The summed E-state index contributed by atoms with van der Waals surface area (Å²) in [5, 5.41) is 7.83. The van der Waals surface area contributed by atoms with E-state index >= 15 is 0 Å². The fourth-order valence-electron chi connectivity index (χ4n) is 3.54. The summed E-state index contributed by atoms with van der Waals surface area (Å²) in [5.41, 5.74) is 3.24. The minimum absolute atomic E-state index is 0.187. The average molecular weight is 395 g/mol. The van der Waals surface area contributed by atoms with Gasteiger partial charge in [0.15, 0.2) is 0 Å². The lowest BCUT2D eigenvalue weighted by molar-refractivity contribution is 0.102. The Kier molecular flexibility index (Phi) is 5.74. The van der Waals surface area contributed by atoms with Gasteiger partial charge in [-0.2, -0.15) is 5.10 Å². The second-order valence-electron chi connectivity index (χ2n) is 7.12. The van der Waals surface area contributed by atoms with Gasteiger partial charge in [-0.1, -0.05) is 42.3 Å². The van der Waals surface area contributed by atoms with E-state index in [4.69, 9.17) is 11.6 Å². The maximum atomic E-state index is 12.6. The standard InChI is InChI=1S/C22H23ClN4O/c23-20-9-2-3-10-21(20)27-16-18(14-24-27)22(28)25-19-8-6-7-17(13-19)15-26-11-4-1-5-12-26/h2-3,6-10,13-14,16H,1,4-5,11-12,15H2,(H,25,28). The maximum Gasteiger partial charge on any atom is 0.258 e. The molecule has 2 heterocycles. The number of carbonyl (C=O) groups excluding carboxylic acids is 1. The highest BCUT2D eigenvalue weighted by Crippen LogP contribution is 2.20. The summed E-state index contributed by atoms with van der Waals surface area (Å²) in [6.07, 6.45) is 7.11. The second-order valence-corrected chi connectivity index (χ2v) is 7.52. The first-order chi connectivity index (χ1) is 13.7. The topological polar surface area (TPSA) is 50.2 Å². The largest absolute Gasteiger partial charge is 0.322 e. The van der Waals surface area contributed by atoms with Crippen molar-refractivity contribution in [1.29, 1.82) is 0 Å². The summed E-state index contributed by atoms with van der Waals surface area (Å²) in [6.45, 7) is 3.23. The summed E-state index contributed by atoms with van der Waals surface area (Å²) < 4.78 is 1.62. The Morgan fingerprint density at radius 1 is 1.07 bits per heavy atom. The molecule has 6 heteroatoms. The van der Waals surface area contributed by atoms with Crippen LogP contribution in [0.5, 0.6) is 0 Å². The molecule has 0 unspecified atom stereocenters. The number of rotatable bonds is 5. The predicted molar refractivity (Wildman–Crippen MR) is 112 cm³/mol. The SMILES string of the molecule is O=C(Nc1cccc(CN2CCCCC2)c1)c1cnn(-c2ccccc2Cl)c1. The van der Waals surface area contributed by atoms with E-state index in [1.807, 2.05) is 36.4 Å². The van der Waals surface area contributed by atoms with Crippen LogP contribution in [0.3, 0.4) is 0 Å². The summed E-state index contributed by atoms with van der Waals surface area (Å²) in [7, 11) is 0. The van der Waals surface area contributed by atoms with Crippen molar-refractivity contribution in [3.8, 4) is 5.69 Å². The molecule has 1 saturated heterocycles. The number of aromatic nitrogens is 2. The quantitative estimate of drug-likeness (QED) is 0.678. The highest BCUT2D eigenvalue weighted by molar-refractivity contribution is 6.32. The molecule has 0 saturated carbocycles. The van der Waals surface area contributed by atoms with Gasteiger partial charge in [0.2, 0.25) is 0 Å². The average Bonchev–Trinajstić information content (AvgIpc) is 3.20. The molecule has 3 aromatic rings. The zero-order chi connectivity index (χ0) is 19.3. The minimum Gasteiger partial charge on any atom is -0.322 e. The number of halogens is 1. The van der Waals surface area contributed by atoms with Gasteiger partial charge in [-0.15, -0.1) is 0 Å². The monoisotopic (exact) mass is 394 g/mol. The molecule has 1 aliphatic rings. The third-order valence-corrected chi connectivity index (χ3v) is 5.30. The third kappa shape index (κ3) is 4.43. The van der Waals surface area contributed by atoms with E-state index < -0.39 is 0 Å². The van der Waals surface area contributed by atoms with Gasteiger partial charge in [0, 0.05) is 18.4 Å². The van der Waals surface area contributed by atoms with Crippen LogP contribution < -0.4 is 5.32 Å². The van der Waals surface area contributed by atoms with Gasteiger partial charge in [0.1, 0.15) is 0 Å². The van der Waals surface area contributed by atoms with E-state index in [0.717, 1.165) is 31.0 Å². The smallest absolute Gasteiger partial charge is 0.258 e. The van der Waals surface area contributed by atoms with E-state index in [1.165, 1.54) is 24.8 Å². The Balaban J connectivity index is 1.44. The van der Waals surface area contributed by atoms with Gasteiger partial charge in [0.05, 0.1) is 22.5 Å². The van der Waals surface area contributed by atoms with Gasteiger partial charge in [-0.3, -0.25) is 9.69 Å². The number of piperidine rings is 1. The van der Waals surface area contributed by atoms with Gasteiger partial charge >= 0.3 is 0 Å². The number of likely N-dealkylation sites (tertiary alicyclic amines) is 1. The Labute approximate surface area is 169 Å². The Morgan fingerprint density at radius 2 is 1.89 bits per heavy atom. The number of amides is 1. The lowest BCUT2D eigenvalue weighted by atomic mass is 10.1. The molecule has 0 spiro atoms.